The van der Waals surface area contributed by atoms with Crippen molar-refractivity contribution in [2.24, 2.45) is 10.7 Å². The maximum absolute atomic E-state index is 5.90. The first-order valence-electron chi connectivity index (χ1n) is 7.40. The number of ether oxygens (including phenoxy) is 1. The second kappa shape index (κ2) is 8.52. The molecule has 21 heavy (non-hydrogen) atoms. The van der Waals surface area contributed by atoms with Gasteiger partial charge in [0.15, 0.2) is 5.96 Å². The van der Waals surface area contributed by atoms with Crippen LogP contribution in [-0.2, 0) is 0 Å². The summed E-state index contributed by atoms with van der Waals surface area (Å²) in [5, 5.41) is 3.08. The molecule has 0 saturated heterocycles. The number of nitrogens with zero attached hydrogens (tertiary/aromatic N) is 2. The fraction of sp³-hybridized carbons (Fsp3) is 0.562. The van der Waals surface area contributed by atoms with E-state index >= 15 is 0 Å². The van der Waals surface area contributed by atoms with Crippen LogP contribution in [0.15, 0.2) is 29.3 Å². The van der Waals surface area contributed by atoms with Crippen LogP contribution in [0.4, 0.5) is 5.69 Å². The third-order valence-electron chi connectivity index (χ3n) is 3.33. The van der Waals surface area contributed by atoms with E-state index in [1.807, 2.05) is 24.3 Å². The van der Waals surface area contributed by atoms with E-state index in [9.17, 15) is 0 Å². The summed E-state index contributed by atoms with van der Waals surface area (Å²) in [6, 6.07) is 8.61. The highest BCUT2D eigenvalue weighted by atomic mass is 16.5. The summed E-state index contributed by atoms with van der Waals surface area (Å²) in [5.41, 5.74) is 6.81. The Hall–Kier alpha value is -1.75. The molecule has 0 saturated carbocycles. The molecule has 0 spiro atoms. The van der Waals surface area contributed by atoms with Crippen molar-refractivity contribution < 1.29 is 4.74 Å². The molecule has 0 aromatic heterocycles. The number of aliphatic imine (C=N–C) groups is 1. The van der Waals surface area contributed by atoms with Crippen LogP contribution in [0, 0.1) is 0 Å². The molecule has 0 fully saturated rings. The van der Waals surface area contributed by atoms with E-state index in [1.54, 1.807) is 7.11 Å². The van der Waals surface area contributed by atoms with Crippen LogP contribution in [0.5, 0.6) is 5.75 Å². The zero-order valence-electron chi connectivity index (χ0n) is 13.8. The standard InChI is InChI=1S/C16H28N4O/c1-12(2)20(13(3)4)11-10-18-16(17)19-14-6-8-15(21-5)9-7-14/h6-9,12-13H,10-11H2,1-5H3,(H3,17,18,19). The first kappa shape index (κ1) is 17.3. The minimum absolute atomic E-state index is 0.438. The maximum atomic E-state index is 5.90. The van der Waals surface area contributed by atoms with Crippen molar-refractivity contribution in [1.82, 2.24) is 4.90 Å². The lowest BCUT2D eigenvalue weighted by Gasteiger charge is -2.29. The molecule has 0 bridgehead atoms. The van der Waals surface area contributed by atoms with Crippen molar-refractivity contribution in [3.63, 3.8) is 0 Å². The van der Waals surface area contributed by atoms with Gasteiger partial charge < -0.3 is 15.8 Å². The third kappa shape index (κ3) is 6.04. The van der Waals surface area contributed by atoms with E-state index in [1.165, 1.54) is 0 Å². The highest BCUT2D eigenvalue weighted by molar-refractivity contribution is 5.92. The average molecular weight is 292 g/mol. The molecule has 1 aromatic rings. The lowest BCUT2D eigenvalue weighted by atomic mass is 10.2. The second-order valence-corrected chi connectivity index (χ2v) is 5.55. The average Bonchev–Trinajstić information content (AvgIpc) is 2.43. The first-order chi connectivity index (χ1) is 9.93. The maximum Gasteiger partial charge on any atom is 0.193 e. The van der Waals surface area contributed by atoms with Crippen LogP contribution >= 0.6 is 0 Å². The van der Waals surface area contributed by atoms with E-state index < -0.39 is 0 Å². The van der Waals surface area contributed by atoms with Crippen LogP contribution in [0.25, 0.3) is 0 Å². The van der Waals surface area contributed by atoms with Crippen LogP contribution in [0.1, 0.15) is 27.7 Å². The van der Waals surface area contributed by atoms with E-state index in [0.717, 1.165) is 18.0 Å². The predicted molar refractivity (Wildman–Crippen MR) is 90.1 cm³/mol. The van der Waals surface area contributed by atoms with Gasteiger partial charge in [-0.2, -0.15) is 0 Å². The number of hydrogen-bond acceptors (Lipinski definition) is 3. The highest BCUT2D eigenvalue weighted by Crippen LogP contribution is 2.14. The van der Waals surface area contributed by atoms with Crippen molar-refractivity contribution in [1.29, 1.82) is 0 Å². The van der Waals surface area contributed by atoms with Gasteiger partial charge in [-0.25, -0.2) is 0 Å². The van der Waals surface area contributed by atoms with E-state index in [0.29, 0.717) is 24.6 Å². The monoisotopic (exact) mass is 292 g/mol. The Morgan fingerprint density at radius 3 is 2.24 bits per heavy atom. The number of nitrogens with two attached hydrogens (primary N) is 1. The SMILES string of the molecule is COc1ccc(NC(N)=NCCN(C(C)C)C(C)C)cc1. The molecule has 0 aliphatic heterocycles. The summed E-state index contributed by atoms with van der Waals surface area (Å²) in [5.74, 6) is 1.26. The molecule has 0 aliphatic carbocycles. The van der Waals surface area contributed by atoms with Gasteiger partial charge in [-0.05, 0) is 52.0 Å². The number of rotatable bonds is 7. The van der Waals surface area contributed by atoms with E-state index in [2.05, 4.69) is 42.9 Å². The lowest BCUT2D eigenvalue weighted by molar-refractivity contribution is 0.181. The van der Waals surface area contributed by atoms with Gasteiger partial charge in [-0.1, -0.05) is 0 Å². The quantitative estimate of drug-likeness (QED) is 0.599. The molecule has 0 heterocycles. The van der Waals surface area contributed by atoms with Crippen molar-refractivity contribution in [3.05, 3.63) is 24.3 Å². The van der Waals surface area contributed by atoms with E-state index in [4.69, 9.17) is 10.5 Å². The Morgan fingerprint density at radius 1 is 1.19 bits per heavy atom. The molecule has 5 nitrogen and oxygen atoms in total. The summed E-state index contributed by atoms with van der Waals surface area (Å²) in [6.45, 7) is 10.4. The van der Waals surface area contributed by atoms with Gasteiger partial charge in [0, 0.05) is 24.3 Å². The molecule has 1 rings (SSSR count). The lowest BCUT2D eigenvalue weighted by Crippen LogP contribution is -2.39. The van der Waals surface area contributed by atoms with Gasteiger partial charge in [0.1, 0.15) is 5.75 Å². The van der Waals surface area contributed by atoms with Crippen molar-refractivity contribution in [3.8, 4) is 5.75 Å². The summed E-state index contributed by atoms with van der Waals surface area (Å²) < 4.78 is 5.12. The van der Waals surface area contributed by atoms with Gasteiger partial charge in [-0.15, -0.1) is 0 Å². The predicted octanol–water partition coefficient (Wildman–Crippen LogP) is 2.54. The number of methoxy groups -OCH3 is 1. The van der Waals surface area contributed by atoms with Gasteiger partial charge in [0.25, 0.3) is 0 Å². The van der Waals surface area contributed by atoms with Gasteiger partial charge in [-0.3, -0.25) is 9.89 Å². The van der Waals surface area contributed by atoms with E-state index in [-0.39, 0.29) is 0 Å². The Kier molecular flexibility index (Phi) is 7.02. The summed E-state index contributed by atoms with van der Waals surface area (Å²) in [4.78, 5) is 6.77. The van der Waals surface area contributed by atoms with Crippen LogP contribution in [0.2, 0.25) is 0 Å². The van der Waals surface area contributed by atoms with Gasteiger partial charge >= 0.3 is 0 Å². The molecule has 0 unspecified atom stereocenters. The molecule has 5 heteroatoms. The number of guanidine groups is 1. The van der Waals surface area contributed by atoms with Gasteiger partial charge in [0.05, 0.1) is 13.7 Å². The first-order valence-corrected chi connectivity index (χ1v) is 7.40. The van der Waals surface area contributed by atoms with Crippen molar-refractivity contribution in [2.45, 2.75) is 39.8 Å². The smallest absolute Gasteiger partial charge is 0.193 e. The number of anilines is 1. The molecule has 1 aromatic carbocycles. The van der Waals surface area contributed by atoms with Crippen molar-refractivity contribution >= 4 is 11.6 Å². The fourth-order valence-electron chi connectivity index (χ4n) is 2.26. The molecule has 3 N–H and O–H groups in total. The minimum atomic E-state index is 0.438. The molecule has 0 radical (unpaired) electrons. The Morgan fingerprint density at radius 2 is 1.76 bits per heavy atom. The fourth-order valence-corrected chi connectivity index (χ4v) is 2.26. The second-order valence-electron chi connectivity index (χ2n) is 5.55. The molecule has 118 valence electrons. The Bertz CT molecular complexity index is 432. The zero-order valence-corrected chi connectivity index (χ0v) is 13.8. The Labute approximate surface area is 128 Å². The molecule has 0 aliphatic rings. The minimum Gasteiger partial charge on any atom is -0.497 e. The number of benzene rings is 1. The third-order valence-corrected chi connectivity index (χ3v) is 3.33. The normalized spacial score (nSPS) is 12.3. The molecular weight excluding hydrogens is 264 g/mol. The number of nitrogens with one attached hydrogen (secondary N) is 1. The van der Waals surface area contributed by atoms with Crippen LogP contribution in [0.3, 0.4) is 0 Å². The molecule has 0 amide bonds. The summed E-state index contributed by atoms with van der Waals surface area (Å²) in [6.07, 6.45) is 0. The van der Waals surface area contributed by atoms with Crippen molar-refractivity contribution in [2.75, 3.05) is 25.5 Å². The summed E-state index contributed by atoms with van der Waals surface area (Å²) in [7, 11) is 1.65. The van der Waals surface area contributed by atoms with Crippen LogP contribution in [-0.4, -0.2) is 43.1 Å². The number of hydrogen-bond donors (Lipinski definition) is 2. The highest BCUT2D eigenvalue weighted by Gasteiger charge is 2.12. The van der Waals surface area contributed by atoms with Crippen LogP contribution < -0.4 is 15.8 Å². The zero-order chi connectivity index (χ0) is 15.8. The topological polar surface area (TPSA) is 62.9 Å². The summed E-state index contributed by atoms with van der Waals surface area (Å²) >= 11 is 0. The van der Waals surface area contributed by atoms with Gasteiger partial charge in [0.2, 0.25) is 0 Å². The largest absolute Gasteiger partial charge is 0.497 e. The Balaban J connectivity index is 2.48. The molecular formula is C16H28N4O. The molecule has 0 atom stereocenters.